The first-order chi connectivity index (χ1) is 11.2. The van der Waals surface area contributed by atoms with Crippen LogP contribution in [0.3, 0.4) is 0 Å². The number of benzene rings is 1. The normalized spacial score (nSPS) is 10.7. The minimum absolute atomic E-state index is 0.0603. The van der Waals surface area contributed by atoms with Gasteiger partial charge < -0.3 is 9.15 Å². The Labute approximate surface area is 141 Å². The van der Waals surface area contributed by atoms with Crippen molar-refractivity contribution in [3.05, 3.63) is 46.2 Å². The smallest absolute Gasteiger partial charge is 0.277 e. The number of methoxy groups -OCH3 is 1. The number of aromatic nitrogens is 2. The van der Waals surface area contributed by atoms with Crippen molar-refractivity contribution in [3.63, 3.8) is 0 Å². The molecule has 0 aliphatic heterocycles. The summed E-state index contributed by atoms with van der Waals surface area (Å²) < 4.78 is 10.9. The van der Waals surface area contributed by atoms with Crippen molar-refractivity contribution in [1.82, 2.24) is 10.2 Å². The van der Waals surface area contributed by atoms with Crippen LogP contribution in [0.1, 0.15) is 14.5 Å². The average molecular weight is 346 g/mol. The van der Waals surface area contributed by atoms with Gasteiger partial charge in [-0.05, 0) is 31.2 Å². The zero-order valence-corrected chi connectivity index (χ0v) is 14.2. The predicted molar refractivity (Wildman–Crippen MR) is 90.4 cm³/mol. The van der Waals surface area contributed by atoms with Crippen LogP contribution in [0.5, 0.6) is 5.75 Å². The molecule has 23 heavy (non-hydrogen) atoms. The molecule has 1 aromatic carbocycles. The molecule has 0 radical (unpaired) electrons. The third kappa shape index (κ3) is 3.62. The Balaban J connectivity index is 1.69. The van der Waals surface area contributed by atoms with Crippen LogP contribution >= 0.6 is 23.1 Å². The number of thiophene rings is 1. The van der Waals surface area contributed by atoms with Crippen molar-refractivity contribution in [2.45, 2.75) is 12.1 Å². The maximum absolute atomic E-state index is 12.1. The topological polar surface area (TPSA) is 65.2 Å². The Morgan fingerprint density at radius 2 is 2.09 bits per heavy atom. The van der Waals surface area contributed by atoms with Crippen LogP contribution < -0.4 is 4.74 Å². The number of thioether (sulfide) groups is 1. The van der Waals surface area contributed by atoms with Crippen molar-refractivity contribution in [1.29, 1.82) is 0 Å². The van der Waals surface area contributed by atoms with Crippen LogP contribution in [0, 0.1) is 6.92 Å². The van der Waals surface area contributed by atoms with E-state index < -0.39 is 0 Å². The number of para-hydroxylation sites is 1. The molecule has 0 aliphatic rings. The first-order valence-corrected chi connectivity index (χ1v) is 8.67. The van der Waals surface area contributed by atoms with E-state index in [0.717, 1.165) is 15.3 Å². The second kappa shape index (κ2) is 6.97. The average Bonchev–Trinajstić information content (AvgIpc) is 3.21. The fourth-order valence-corrected chi connectivity index (χ4v) is 3.52. The number of hydrogen-bond acceptors (Lipinski definition) is 7. The van der Waals surface area contributed by atoms with Crippen LogP contribution in [0.25, 0.3) is 11.5 Å². The van der Waals surface area contributed by atoms with Gasteiger partial charge in [-0.3, -0.25) is 4.79 Å². The van der Waals surface area contributed by atoms with Crippen LogP contribution in [0.4, 0.5) is 0 Å². The quantitative estimate of drug-likeness (QED) is 0.495. The Morgan fingerprint density at radius 3 is 2.83 bits per heavy atom. The summed E-state index contributed by atoms with van der Waals surface area (Å²) in [6, 6.07) is 11.2. The highest BCUT2D eigenvalue weighted by Gasteiger charge is 2.15. The lowest BCUT2D eigenvalue weighted by molar-refractivity contribution is 0.102. The fourth-order valence-electron chi connectivity index (χ4n) is 1.98. The first kappa shape index (κ1) is 15.8. The molecular formula is C16H14N2O3S2. The maximum atomic E-state index is 12.1. The SMILES string of the molecule is COc1ccccc1-c1nnc(SCC(=O)c2ccc(C)s2)o1. The Hall–Kier alpha value is -2.12. The molecule has 2 aromatic heterocycles. The summed E-state index contributed by atoms with van der Waals surface area (Å²) in [6.45, 7) is 1.98. The van der Waals surface area contributed by atoms with Crippen molar-refractivity contribution < 1.29 is 13.9 Å². The van der Waals surface area contributed by atoms with Crippen molar-refractivity contribution in [3.8, 4) is 17.2 Å². The van der Waals surface area contributed by atoms with E-state index in [1.165, 1.54) is 23.1 Å². The zero-order chi connectivity index (χ0) is 16.2. The fraction of sp³-hybridized carbons (Fsp3) is 0.188. The van der Waals surface area contributed by atoms with Crippen molar-refractivity contribution >= 4 is 28.9 Å². The van der Waals surface area contributed by atoms with Gasteiger partial charge in [0.2, 0.25) is 0 Å². The van der Waals surface area contributed by atoms with E-state index in [0.29, 0.717) is 16.9 Å². The summed E-state index contributed by atoms with van der Waals surface area (Å²) in [5.41, 5.74) is 0.731. The molecule has 0 amide bonds. The molecule has 7 heteroatoms. The highest BCUT2D eigenvalue weighted by atomic mass is 32.2. The number of Topliss-reactive ketones (excluding diaryl/α,β-unsaturated/α-hetero) is 1. The van der Waals surface area contributed by atoms with Crippen LogP contribution in [-0.4, -0.2) is 28.8 Å². The number of rotatable bonds is 6. The zero-order valence-electron chi connectivity index (χ0n) is 12.6. The van der Waals surface area contributed by atoms with Gasteiger partial charge in [0.15, 0.2) is 5.78 Å². The number of ether oxygens (including phenoxy) is 1. The number of nitrogens with zero attached hydrogens (tertiary/aromatic N) is 2. The standard InChI is InChI=1S/C16H14N2O3S2/c1-10-7-8-14(23-10)12(19)9-22-16-18-17-15(21-16)11-5-3-4-6-13(11)20-2/h3-8H,9H2,1-2H3. The van der Waals surface area contributed by atoms with Gasteiger partial charge in [0.25, 0.3) is 11.1 Å². The molecular weight excluding hydrogens is 332 g/mol. The van der Waals surface area contributed by atoms with Crippen molar-refractivity contribution in [2.24, 2.45) is 0 Å². The largest absolute Gasteiger partial charge is 0.496 e. The molecule has 0 spiro atoms. The molecule has 0 aliphatic carbocycles. The molecule has 3 rings (SSSR count). The molecule has 5 nitrogen and oxygen atoms in total. The summed E-state index contributed by atoms with van der Waals surface area (Å²) in [4.78, 5) is 14.0. The van der Waals surface area contributed by atoms with Crippen LogP contribution in [0.15, 0.2) is 46.0 Å². The number of carbonyl (C=O) groups is 1. The van der Waals surface area contributed by atoms with Crippen molar-refractivity contribution in [2.75, 3.05) is 12.9 Å². The summed E-state index contributed by atoms with van der Waals surface area (Å²) in [7, 11) is 1.59. The number of hydrogen-bond donors (Lipinski definition) is 0. The molecule has 0 atom stereocenters. The second-order valence-electron chi connectivity index (χ2n) is 4.70. The number of ketones is 1. The molecule has 0 saturated heterocycles. The van der Waals surface area contributed by atoms with Gasteiger partial charge in [-0.15, -0.1) is 21.5 Å². The van der Waals surface area contributed by atoms with Gasteiger partial charge in [0.05, 0.1) is 23.3 Å². The Bertz CT molecular complexity index is 826. The second-order valence-corrected chi connectivity index (χ2v) is 6.91. The Kier molecular flexibility index (Phi) is 4.78. The van der Waals surface area contributed by atoms with E-state index in [4.69, 9.17) is 9.15 Å². The lowest BCUT2D eigenvalue weighted by Crippen LogP contribution is -1.99. The summed E-state index contributed by atoms with van der Waals surface area (Å²) in [6.07, 6.45) is 0. The van der Waals surface area contributed by atoms with E-state index in [-0.39, 0.29) is 11.5 Å². The number of aryl methyl sites for hydroxylation is 1. The van der Waals surface area contributed by atoms with E-state index in [9.17, 15) is 4.79 Å². The molecule has 0 unspecified atom stereocenters. The molecule has 0 N–H and O–H groups in total. The third-order valence-electron chi connectivity index (χ3n) is 3.09. The predicted octanol–water partition coefficient (Wildman–Crippen LogP) is 4.09. The van der Waals surface area contributed by atoms with Gasteiger partial charge in [-0.2, -0.15) is 0 Å². The first-order valence-electron chi connectivity index (χ1n) is 6.86. The highest BCUT2D eigenvalue weighted by Crippen LogP contribution is 2.30. The van der Waals surface area contributed by atoms with Crippen LogP contribution in [0.2, 0.25) is 0 Å². The van der Waals surface area contributed by atoms with E-state index >= 15 is 0 Å². The Morgan fingerprint density at radius 1 is 1.26 bits per heavy atom. The molecule has 0 bridgehead atoms. The summed E-state index contributed by atoms with van der Waals surface area (Å²) in [5, 5.41) is 8.37. The summed E-state index contributed by atoms with van der Waals surface area (Å²) >= 11 is 2.73. The van der Waals surface area contributed by atoms with Gasteiger partial charge in [0, 0.05) is 4.88 Å². The van der Waals surface area contributed by atoms with Crippen LogP contribution in [-0.2, 0) is 0 Å². The molecule has 118 valence electrons. The minimum atomic E-state index is 0.0603. The van der Waals surface area contributed by atoms with E-state index in [1.807, 2.05) is 43.3 Å². The maximum Gasteiger partial charge on any atom is 0.277 e. The lowest BCUT2D eigenvalue weighted by atomic mass is 10.2. The van der Waals surface area contributed by atoms with Gasteiger partial charge in [-0.1, -0.05) is 23.9 Å². The van der Waals surface area contributed by atoms with Gasteiger partial charge in [0.1, 0.15) is 5.75 Å². The number of carbonyl (C=O) groups excluding carboxylic acids is 1. The monoisotopic (exact) mass is 346 g/mol. The van der Waals surface area contributed by atoms with Gasteiger partial charge >= 0.3 is 0 Å². The molecule has 0 saturated carbocycles. The highest BCUT2D eigenvalue weighted by molar-refractivity contribution is 7.99. The van der Waals surface area contributed by atoms with Gasteiger partial charge in [-0.25, -0.2) is 0 Å². The molecule has 0 fully saturated rings. The third-order valence-corrected chi connectivity index (χ3v) is 4.95. The molecule has 3 aromatic rings. The lowest BCUT2D eigenvalue weighted by Gasteiger charge is -2.03. The molecule has 2 heterocycles. The minimum Gasteiger partial charge on any atom is -0.496 e. The van der Waals surface area contributed by atoms with E-state index in [2.05, 4.69) is 10.2 Å². The summed E-state index contributed by atoms with van der Waals surface area (Å²) in [5.74, 6) is 1.38. The van der Waals surface area contributed by atoms with E-state index in [1.54, 1.807) is 7.11 Å².